The van der Waals surface area contributed by atoms with E-state index in [1.807, 2.05) is 30.3 Å². The van der Waals surface area contributed by atoms with Crippen LogP contribution in [0.15, 0.2) is 48.5 Å². The number of carbonyl (C=O) groups excluding carboxylic acids is 1. The third-order valence-corrected chi connectivity index (χ3v) is 4.87. The predicted molar refractivity (Wildman–Crippen MR) is 101 cm³/mol. The van der Waals surface area contributed by atoms with Crippen LogP contribution in [0, 0.1) is 0 Å². The number of carbonyl (C=O) groups is 1. The van der Waals surface area contributed by atoms with Gasteiger partial charge in [0.25, 0.3) is 0 Å². The summed E-state index contributed by atoms with van der Waals surface area (Å²) in [5.74, 6) is 0.502. The van der Waals surface area contributed by atoms with E-state index < -0.39 is 0 Å². The van der Waals surface area contributed by atoms with Gasteiger partial charge in [-0.3, -0.25) is 10.1 Å². The maximum absolute atomic E-state index is 12.9. The Morgan fingerprint density at radius 2 is 1.88 bits per heavy atom. The largest absolute Gasteiger partial charge is 0.495 e. The molecule has 3 rings (SSSR count). The lowest BCUT2D eigenvalue weighted by Gasteiger charge is -2.23. The van der Waals surface area contributed by atoms with Gasteiger partial charge in [-0.15, -0.1) is 0 Å². The van der Waals surface area contributed by atoms with Crippen LogP contribution < -0.4 is 15.4 Å². The highest BCUT2D eigenvalue weighted by Gasteiger charge is 2.25. The van der Waals surface area contributed by atoms with E-state index in [1.165, 1.54) is 12.8 Å². The van der Waals surface area contributed by atoms with E-state index in [2.05, 4.69) is 10.6 Å². The van der Waals surface area contributed by atoms with Crippen molar-refractivity contribution in [1.82, 2.24) is 5.32 Å². The van der Waals surface area contributed by atoms with Crippen molar-refractivity contribution in [3.05, 3.63) is 59.1 Å². The lowest BCUT2D eigenvalue weighted by molar-refractivity contribution is -0.118. The monoisotopic (exact) mass is 358 g/mol. The molecule has 1 amide bonds. The van der Waals surface area contributed by atoms with Crippen molar-refractivity contribution in [2.45, 2.75) is 37.8 Å². The molecule has 25 heavy (non-hydrogen) atoms. The number of methoxy groups -OCH3 is 1. The summed E-state index contributed by atoms with van der Waals surface area (Å²) in [6.07, 6.45) is 4.67. The molecule has 1 fully saturated rings. The van der Waals surface area contributed by atoms with Crippen LogP contribution in [-0.4, -0.2) is 19.1 Å². The third kappa shape index (κ3) is 4.53. The molecule has 1 atom stereocenters. The van der Waals surface area contributed by atoms with Gasteiger partial charge in [0.15, 0.2) is 0 Å². The average Bonchev–Trinajstić information content (AvgIpc) is 3.14. The first kappa shape index (κ1) is 17.8. The average molecular weight is 359 g/mol. The molecule has 2 aromatic carbocycles. The van der Waals surface area contributed by atoms with Crippen molar-refractivity contribution in [2.24, 2.45) is 0 Å². The molecule has 0 aromatic heterocycles. The number of amides is 1. The third-order valence-electron chi connectivity index (χ3n) is 4.57. The molecule has 0 unspecified atom stereocenters. The van der Waals surface area contributed by atoms with Gasteiger partial charge in [0.2, 0.25) is 5.91 Å². The van der Waals surface area contributed by atoms with Gasteiger partial charge in [-0.05, 0) is 36.6 Å². The number of nitrogens with one attached hydrogen (secondary N) is 2. The van der Waals surface area contributed by atoms with E-state index in [0.717, 1.165) is 18.4 Å². The second kappa shape index (κ2) is 8.37. The molecule has 0 aliphatic heterocycles. The lowest BCUT2D eigenvalue weighted by atomic mass is 10.0. The minimum absolute atomic E-state index is 0.0840. The number of ether oxygens (including phenoxy) is 1. The van der Waals surface area contributed by atoms with Crippen LogP contribution in [0.25, 0.3) is 0 Å². The molecule has 5 heteroatoms. The molecule has 2 N–H and O–H groups in total. The van der Waals surface area contributed by atoms with Gasteiger partial charge in [0, 0.05) is 11.7 Å². The molecular weight excluding hydrogens is 336 g/mol. The molecule has 132 valence electrons. The van der Waals surface area contributed by atoms with Crippen molar-refractivity contribution >= 4 is 23.2 Å². The second-order valence-corrected chi connectivity index (χ2v) is 6.74. The zero-order valence-corrected chi connectivity index (χ0v) is 15.1. The van der Waals surface area contributed by atoms with E-state index in [-0.39, 0.29) is 11.9 Å². The van der Waals surface area contributed by atoms with Crippen LogP contribution in [0.1, 0.15) is 37.3 Å². The van der Waals surface area contributed by atoms with Gasteiger partial charge in [-0.1, -0.05) is 54.8 Å². The van der Waals surface area contributed by atoms with E-state index >= 15 is 0 Å². The summed E-state index contributed by atoms with van der Waals surface area (Å²) in [7, 11) is 1.57. The number of hydrogen-bond acceptors (Lipinski definition) is 3. The van der Waals surface area contributed by atoms with Crippen LogP contribution in [-0.2, 0) is 4.79 Å². The topological polar surface area (TPSA) is 50.4 Å². The highest BCUT2D eigenvalue weighted by molar-refractivity contribution is 6.32. The quantitative estimate of drug-likeness (QED) is 0.795. The van der Waals surface area contributed by atoms with Gasteiger partial charge in [-0.2, -0.15) is 0 Å². The molecule has 0 spiro atoms. The van der Waals surface area contributed by atoms with Gasteiger partial charge in [0.05, 0.1) is 12.1 Å². The maximum Gasteiger partial charge on any atom is 0.246 e. The van der Waals surface area contributed by atoms with Crippen LogP contribution in [0.3, 0.4) is 0 Å². The molecule has 1 aliphatic rings. The van der Waals surface area contributed by atoms with Crippen molar-refractivity contribution < 1.29 is 9.53 Å². The molecule has 0 saturated heterocycles. The summed E-state index contributed by atoms with van der Waals surface area (Å²) in [4.78, 5) is 12.9. The second-order valence-electron chi connectivity index (χ2n) is 6.33. The minimum atomic E-state index is -0.384. The maximum atomic E-state index is 12.9. The van der Waals surface area contributed by atoms with Crippen LogP contribution in [0.4, 0.5) is 5.69 Å². The van der Waals surface area contributed by atoms with Crippen molar-refractivity contribution in [3.8, 4) is 5.75 Å². The Morgan fingerprint density at radius 3 is 2.52 bits per heavy atom. The van der Waals surface area contributed by atoms with E-state index in [1.54, 1.807) is 25.3 Å². The summed E-state index contributed by atoms with van der Waals surface area (Å²) in [6, 6.07) is 15.1. The highest BCUT2D eigenvalue weighted by atomic mass is 35.5. The Balaban J connectivity index is 1.77. The fourth-order valence-corrected chi connectivity index (χ4v) is 3.51. The summed E-state index contributed by atoms with van der Waals surface area (Å²) in [5, 5.41) is 6.96. The highest BCUT2D eigenvalue weighted by Crippen LogP contribution is 2.28. The fraction of sp³-hybridized carbons (Fsp3) is 0.350. The Bertz CT molecular complexity index is 715. The van der Waals surface area contributed by atoms with Gasteiger partial charge in [0.1, 0.15) is 11.8 Å². The molecule has 4 nitrogen and oxygen atoms in total. The molecule has 0 bridgehead atoms. The van der Waals surface area contributed by atoms with Crippen LogP contribution in [0.5, 0.6) is 5.75 Å². The first-order valence-electron chi connectivity index (χ1n) is 8.63. The number of anilines is 1. The Kier molecular flexibility index (Phi) is 5.95. The van der Waals surface area contributed by atoms with Crippen molar-refractivity contribution in [1.29, 1.82) is 0 Å². The Morgan fingerprint density at radius 1 is 1.16 bits per heavy atom. The minimum Gasteiger partial charge on any atom is -0.495 e. The Hall–Kier alpha value is -2.04. The summed E-state index contributed by atoms with van der Waals surface area (Å²) in [6.45, 7) is 0. The van der Waals surface area contributed by atoms with E-state index in [9.17, 15) is 4.79 Å². The number of halogens is 1. The van der Waals surface area contributed by atoms with Crippen molar-refractivity contribution in [3.63, 3.8) is 0 Å². The molecule has 1 saturated carbocycles. The normalized spacial score (nSPS) is 15.8. The molecular formula is C20H23ClN2O2. The first-order chi connectivity index (χ1) is 12.2. The standard InChI is InChI=1S/C20H23ClN2O2/c1-25-18-12-11-16(13-17(18)21)23-20(24)19(14-7-3-2-4-8-14)22-15-9-5-6-10-15/h2-4,7-8,11-13,15,19,22H,5-6,9-10H2,1H3,(H,23,24)/t19-/m1/s1. The molecule has 0 radical (unpaired) electrons. The molecule has 2 aromatic rings. The first-order valence-corrected chi connectivity index (χ1v) is 9.00. The molecule has 1 aliphatic carbocycles. The number of benzene rings is 2. The van der Waals surface area contributed by atoms with Gasteiger partial charge >= 0.3 is 0 Å². The summed E-state index contributed by atoms with van der Waals surface area (Å²) in [5.41, 5.74) is 1.62. The zero-order chi connectivity index (χ0) is 17.6. The van der Waals surface area contributed by atoms with Gasteiger partial charge < -0.3 is 10.1 Å². The SMILES string of the molecule is COc1ccc(NC(=O)[C@H](NC2CCCC2)c2ccccc2)cc1Cl. The number of rotatable bonds is 6. The van der Waals surface area contributed by atoms with Crippen LogP contribution in [0.2, 0.25) is 5.02 Å². The number of hydrogen-bond donors (Lipinski definition) is 2. The van der Waals surface area contributed by atoms with Gasteiger partial charge in [-0.25, -0.2) is 0 Å². The summed E-state index contributed by atoms with van der Waals surface area (Å²) < 4.78 is 5.15. The van der Waals surface area contributed by atoms with E-state index in [4.69, 9.17) is 16.3 Å². The van der Waals surface area contributed by atoms with E-state index in [0.29, 0.717) is 22.5 Å². The Labute approximate surface area is 153 Å². The van der Waals surface area contributed by atoms with Crippen LogP contribution >= 0.6 is 11.6 Å². The summed E-state index contributed by atoms with van der Waals surface area (Å²) >= 11 is 6.16. The molecule has 0 heterocycles. The zero-order valence-electron chi connectivity index (χ0n) is 14.3. The fourth-order valence-electron chi connectivity index (χ4n) is 3.26. The predicted octanol–water partition coefficient (Wildman–Crippen LogP) is 4.56. The lowest BCUT2D eigenvalue weighted by Crippen LogP contribution is -2.38. The van der Waals surface area contributed by atoms with Crippen molar-refractivity contribution in [2.75, 3.05) is 12.4 Å². The smallest absolute Gasteiger partial charge is 0.246 e.